The average molecular weight is 423 g/mol. The standard InChI is InChI=1S/C28H26N2O2/c1-3-19-11-13-26(31)22(15-19)17-29-24-9-5-7-21-8-6-10-25(28(21)24)30-18-23-16-20(4-2)12-14-27(23)32/h5-18,31-32H,3-4H2,1-2H3. The molecular weight excluding hydrogens is 396 g/mol. The first kappa shape index (κ1) is 21.3. The average Bonchev–Trinajstić information content (AvgIpc) is 2.83. The van der Waals surface area contributed by atoms with Crippen LogP contribution in [0.5, 0.6) is 11.5 Å². The Morgan fingerprint density at radius 3 is 1.56 bits per heavy atom. The van der Waals surface area contributed by atoms with Gasteiger partial charge in [-0.3, -0.25) is 9.98 Å². The van der Waals surface area contributed by atoms with Gasteiger partial charge in [-0.05, 0) is 65.8 Å². The lowest BCUT2D eigenvalue weighted by molar-refractivity contribution is 0.473. The molecule has 32 heavy (non-hydrogen) atoms. The van der Waals surface area contributed by atoms with E-state index in [9.17, 15) is 10.2 Å². The third kappa shape index (κ3) is 4.54. The maximum atomic E-state index is 10.2. The van der Waals surface area contributed by atoms with Crippen molar-refractivity contribution in [1.29, 1.82) is 0 Å². The Kier molecular flexibility index (Phi) is 6.31. The number of hydrogen-bond acceptors (Lipinski definition) is 4. The van der Waals surface area contributed by atoms with Crippen LogP contribution in [0.3, 0.4) is 0 Å². The highest BCUT2D eigenvalue weighted by atomic mass is 16.3. The summed E-state index contributed by atoms with van der Waals surface area (Å²) < 4.78 is 0. The van der Waals surface area contributed by atoms with E-state index in [4.69, 9.17) is 9.98 Å². The van der Waals surface area contributed by atoms with E-state index in [1.807, 2.05) is 60.7 Å². The number of nitrogens with zero attached hydrogens (tertiary/aromatic N) is 2. The van der Waals surface area contributed by atoms with Crippen LogP contribution in [0, 0.1) is 0 Å². The summed E-state index contributed by atoms with van der Waals surface area (Å²) in [5.74, 6) is 0.409. The molecule has 2 N–H and O–H groups in total. The smallest absolute Gasteiger partial charge is 0.124 e. The Hall–Kier alpha value is -3.92. The molecule has 0 saturated heterocycles. The van der Waals surface area contributed by atoms with Crippen molar-refractivity contribution < 1.29 is 10.2 Å². The summed E-state index contributed by atoms with van der Waals surface area (Å²) in [7, 11) is 0. The summed E-state index contributed by atoms with van der Waals surface area (Å²) in [6.07, 6.45) is 5.17. The molecule has 4 nitrogen and oxygen atoms in total. The Balaban J connectivity index is 1.76. The molecule has 0 fully saturated rings. The minimum atomic E-state index is 0.204. The highest BCUT2D eigenvalue weighted by Gasteiger charge is 2.07. The first-order valence-corrected chi connectivity index (χ1v) is 10.8. The number of phenols is 2. The monoisotopic (exact) mass is 422 g/mol. The molecule has 0 amide bonds. The van der Waals surface area contributed by atoms with Gasteiger partial charge in [0, 0.05) is 28.9 Å². The normalized spacial score (nSPS) is 11.7. The molecule has 0 unspecified atom stereocenters. The molecule has 160 valence electrons. The largest absolute Gasteiger partial charge is 0.507 e. The number of aliphatic imine (C=N–C) groups is 2. The zero-order valence-corrected chi connectivity index (χ0v) is 18.3. The van der Waals surface area contributed by atoms with Gasteiger partial charge in [-0.15, -0.1) is 0 Å². The summed E-state index contributed by atoms with van der Waals surface area (Å²) in [6, 6.07) is 23.0. The van der Waals surface area contributed by atoms with Gasteiger partial charge < -0.3 is 10.2 Å². The van der Waals surface area contributed by atoms with Crippen LogP contribution in [0.4, 0.5) is 11.4 Å². The fourth-order valence-corrected chi connectivity index (χ4v) is 3.65. The number of benzene rings is 4. The summed E-state index contributed by atoms with van der Waals surface area (Å²) >= 11 is 0. The second kappa shape index (κ2) is 9.48. The topological polar surface area (TPSA) is 65.2 Å². The number of hydrogen-bond donors (Lipinski definition) is 2. The summed E-state index contributed by atoms with van der Waals surface area (Å²) in [4.78, 5) is 9.39. The maximum Gasteiger partial charge on any atom is 0.124 e. The van der Waals surface area contributed by atoms with Crippen molar-refractivity contribution in [2.24, 2.45) is 9.98 Å². The second-order valence-electron chi connectivity index (χ2n) is 7.66. The summed E-state index contributed by atoms with van der Waals surface area (Å²) in [5, 5.41) is 22.4. The number of aryl methyl sites for hydroxylation is 2. The maximum absolute atomic E-state index is 10.2. The SMILES string of the molecule is CCc1ccc(O)c(C=Nc2cccc3cccc(N=Cc4cc(CC)ccc4O)c23)c1. The lowest BCUT2D eigenvalue weighted by atomic mass is 10.1. The van der Waals surface area contributed by atoms with E-state index in [-0.39, 0.29) is 11.5 Å². The van der Waals surface area contributed by atoms with Crippen LogP contribution in [0.25, 0.3) is 10.8 Å². The molecule has 4 heteroatoms. The van der Waals surface area contributed by atoms with Crippen molar-refractivity contribution in [2.45, 2.75) is 26.7 Å². The van der Waals surface area contributed by atoms with Gasteiger partial charge in [-0.2, -0.15) is 0 Å². The Morgan fingerprint density at radius 1 is 0.656 bits per heavy atom. The molecular formula is C28H26N2O2. The fraction of sp³-hybridized carbons (Fsp3) is 0.143. The molecule has 0 spiro atoms. The van der Waals surface area contributed by atoms with Crippen molar-refractivity contribution in [3.8, 4) is 11.5 Å². The Morgan fingerprint density at radius 2 is 1.12 bits per heavy atom. The van der Waals surface area contributed by atoms with Gasteiger partial charge in [0.25, 0.3) is 0 Å². The van der Waals surface area contributed by atoms with Gasteiger partial charge in [-0.25, -0.2) is 0 Å². The van der Waals surface area contributed by atoms with Crippen molar-refractivity contribution in [1.82, 2.24) is 0 Å². The van der Waals surface area contributed by atoms with Gasteiger partial charge >= 0.3 is 0 Å². The first-order chi connectivity index (χ1) is 15.6. The third-order valence-electron chi connectivity index (χ3n) is 5.55. The molecule has 0 saturated carbocycles. The van der Waals surface area contributed by atoms with Gasteiger partial charge in [0.1, 0.15) is 11.5 Å². The molecule has 4 aromatic rings. The van der Waals surface area contributed by atoms with Crippen LogP contribution in [0.15, 0.2) is 82.8 Å². The summed E-state index contributed by atoms with van der Waals surface area (Å²) in [5.41, 5.74) is 5.18. The fourth-order valence-electron chi connectivity index (χ4n) is 3.65. The zero-order chi connectivity index (χ0) is 22.5. The highest BCUT2D eigenvalue weighted by Crippen LogP contribution is 2.35. The molecule has 0 radical (unpaired) electrons. The van der Waals surface area contributed by atoms with Crippen LogP contribution in [0.2, 0.25) is 0 Å². The zero-order valence-electron chi connectivity index (χ0n) is 18.3. The number of aromatic hydroxyl groups is 2. The summed E-state index contributed by atoms with van der Waals surface area (Å²) in [6.45, 7) is 4.16. The molecule has 0 atom stereocenters. The second-order valence-corrected chi connectivity index (χ2v) is 7.66. The molecule has 0 aliphatic carbocycles. The van der Waals surface area contributed by atoms with Crippen LogP contribution >= 0.6 is 0 Å². The van der Waals surface area contributed by atoms with E-state index >= 15 is 0 Å². The van der Waals surface area contributed by atoms with Crippen LogP contribution in [-0.4, -0.2) is 22.6 Å². The highest BCUT2D eigenvalue weighted by molar-refractivity contribution is 6.04. The van der Waals surface area contributed by atoms with E-state index in [1.165, 1.54) is 0 Å². The number of fused-ring (bicyclic) bond motifs is 1. The minimum absolute atomic E-state index is 0.204. The first-order valence-electron chi connectivity index (χ1n) is 10.8. The van der Waals surface area contributed by atoms with Crippen molar-refractivity contribution in [3.63, 3.8) is 0 Å². The predicted molar refractivity (Wildman–Crippen MR) is 133 cm³/mol. The van der Waals surface area contributed by atoms with E-state index in [0.29, 0.717) is 11.1 Å². The van der Waals surface area contributed by atoms with Crippen molar-refractivity contribution in [3.05, 3.63) is 95.1 Å². The molecule has 0 aromatic heterocycles. The van der Waals surface area contributed by atoms with Crippen LogP contribution in [0.1, 0.15) is 36.1 Å². The van der Waals surface area contributed by atoms with Gasteiger partial charge in [0.2, 0.25) is 0 Å². The molecule has 0 bridgehead atoms. The van der Waals surface area contributed by atoms with E-state index in [0.717, 1.165) is 46.1 Å². The quantitative estimate of drug-likeness (QED) is 0.333. The van der Waals surface area contributed by atoms with Gasteiger partial charge in [0.15, 0.2) is 0 Å². The van der Waals surface area contributed by atoms with E-state index in [2.05, 4.69) is 13.8 Å². The van der Waals surface area contributed by atoms with Gasteiger partial charge in [-0.1, -0.05) is 50.2 Å². The van der Waals surface area contributed by atoms with Crippen molar-refractivity contribution >= 4 is 34.6 Å². The Labute approximate surface area is 188 Å². The third-order valence-corrected chi connectivity index (χ3v) is 5.55. The lowest BCUT2D eigenvalue weighted by Crippen LogP contribution is -1.88. The van der Waals surface area contributed by atoms with E-state index < -0.39 is 0 Å². The predicted octanol–water partition coefficient (Wildman–Crippen LogP) is 6.88. The Bertz CT molecular complexity index is 1220. The molecule has 0 aliphatic heterocycles. The molecule has 0 aliphatic rings. The van der Waals surface area contributed by atoms with Crippen molar-refractivity contribution in [2.75, 3.05) is 0 Å². The number of rotatable bonds is 6. The van der Waals surface area contributed by atoms with Gasteiger partial charge in [0.05, 0.1) is 11.4 Å². The van der Waals surface area contributed by atoms with E-state index in [1.54, 1.807) is 24.6 Å². The number of phenolic OH excluding ortho intramolecular Hbond substituents is 2. The minimum Gasteiger partial charge on any atom is -0.507 e. The molecule has 0 heterocycles. The lowest BCUT2D eigenvalue weighted by Gasteiger charge is -2.07. The molecule has 4 rings (SSSR count). The molecule has 4 aromatic carbocycles. The van der Waals surface area contributed by atoms with Crippen LogP contribution < -0.4 is 0 Å². The van der Waals surface area contributed by atoms with Crippen LogP contribution in [-0.2, 0) is 12.8 Å².